The number of carbonyl (C=O) groups is 1. The molecule has 0 bridgehead atoms. The van der Waals surface area contributed by atoms with Crippen LogP contribution >= 0.6 is 11.5 Å². The average Bonchev–Trinajstić information content (AvgIpc) is 2.85. The maximum atomic E-state index is 12.2. The number of hydrogen-bond acceptors (Lipinski definition) is 7. The molecule has 0 aromatic carbocycles. The van der Waals surface area contributed by atoms with Crippen molar-refractivity contribution >= 4 is 17.3 Å². The summed E-state index contributed by atoms with van der Waals surface area (Å²) in [4.78, 5) is 14.1. The lowest BCUT2D eigenvalue weighted by atomic mass is 9.90. The molecule has 0 unspecified atom stereocenters. The molecule has 2 rings (SSSR count). The smallest absolute Gasteiger partial charge is 0.184 e. The highest BCUT2D eigenvalue weighted by atomic mass is 32.1. The van der Waals surface area contributed by atoms with E-state index in [0.717, 1.165) is 17.2 Å². The summed E-state index contributed by atoms with van der Waals surface area (Å²) in [6, 6.07) is 0. The molecule has 0 fully saturated rings. The molecule has 0 amide bonds. The quantitative estimate of drug-likeness (QED) is 0.763. The fourth-order valence-corrected chi connectivity index (χ4v) is 2.29. The molecule has 0 radical (unpaired) electrons. The third-order valence-corrected chi connectivity index (χ3v) is 3.09. The van der Waals surface area contributed by atoms with Crippen LogP contribution in [0.15, 0.2) is 0 Å². The Morgan fingerprint density at radius 2 is 2.06 bits per heavy atom. The van der Waals surface area contributed by atoms with Crippen molar-refractivity contribution in [2.24, 2.45) is 7.05 Å². The van der Waals surface area contributed by atoms with Crippen molar-refractivity contribution in [2.75, 3.05) is 0 Å². The highest BCUT2D eigenvalue weighted by Gasteiger charge is 2.26. The molecule has 0 saturated carbocycles. The van der Waals surface area contributed by atoms with Gasteiger partial charge in [0.2, 0.25) is 0 Å². The van der Waals surface area contributed by atoms with Crippen LogP contribution in [0.4, 0.5) is 0 Å². The van der Waals surface area contributed by atoms with Crippen LogP contribution in [0, 0.1) is 0 Å². The molecule has 0 atom stereocenters. The van der Waals surface area contributed by atoms with E-state index in [4.69, 9.17) is 0 Å². The first kappa shape index (κ1) is 12.7. The van der Waals surface area contributed by atoms with Gasteiger partial charge in [-0.15, -0.1) is 15.3 Å². The third-order valence-electron chi connectivity index (χ3n) is 2.32. The van der Waals surface area contributed by atoms with Gasteiger partial charge in [0.05, 0.1) is 19.2 Å². The number of rotatable bonds is 3. The van der Waals surface area contributed by atoms with Gasteiger partial charge >= 0.3 is 0 Å². The van der Waals surface area contributed by atoms with Crippen LogP contribution in [0.2, 0.25) is 0 Å². The minimum atomic E-state index is -0.201. The van der Waals surface area contributed by atoms with Crippen LogP contribution < -0.4 is 0 Å². The standard InChI is InChI=1S/C10H14N6OS/c1-10(2,3)9-8(18-15-12-9)6(17)5-7-11-14-16(4)13-7/h5H2,1-4H3. The maximum absolute atomic E-state index is 12.2. The summed E-state index contributed by atoms with van der Waals surface area (Å²) < 4.78 is 3.87. The molecule has 0 aliphatic rings. The van der Waals surface area contributed by atoms with Crippen LogP contribution in [0.5, 0.6) is 0 Å². The fourth-order valence-electron chi connectivity index (χ4n) is 1.48. The first-order valence-electron chi connectivity index (χ1n) is 5.47. The highest BCUT2D eigenvalue weighted by Crippen LogP contribution is 2.26. The predicted octanol–water partition coefficient (Wildman–Crippen LogP) is 0.784. The van der Waals surface area contributed by atoms with Crippen molar-refractivity contribution in [1.29, 1.82) is 0 Å². The predicted molar refractivity (Wildman–Crippen MR) is 65.4 cm³/mol. The van der Waals surface area contributed by atoms with Crippen LogP contribution in [-0.4, -0.2) is 35.6 Å². The molecular formula is C10H14N6OS. The molecule has 18 heavy (non-hydrogen) atoms. The first-order valence-corrected chi connectivity index (χ1v) is 6.24. The Morgan fingerprint density at radius 3 is 2.61 bits per heavy atom. The van der Waals surface area contributed by atoms with Gasteiger partial charge in [-0.25, -0.2) is 0 Å². The minimum Gasteiger partial charge on any atom is -0.293 e. The molecule has 0 saturated heterocycles. The highest BCUT2D eigenvalue weighted by molar-refractivity contribution is 7.08. The van der Waals surface area contributed by atoms with Crippen molar-refractivity contribution in [3.05, 3.63) is 16.4 Å². The van der Waals surface area contributed by atoms with Gasteiger partial charge in [-0.3, -0.25) is 4.79 Å². The molecule has 2 aromatic rings. The summed E-state index contributed by atoms with van der Waals surface area (Å²) in [5.41, 5.74) is 0.523. The first-order chi connectivity index (χ1) is 8.38. The van der Waals surface area contributed by atoms with E-state index >= 15 is 0 Å². The third kappa shape index (κ3) is 2.58. The van der Waals surface area contributed by atoms with Crippen molar-refractivity contribution in [3.8, 4) is 0 Å². The Hall–Kier alpha value is -1.70. The second kappa shape index (κ2) is 4.52. The van der Waals surface area contributed by atoms with E-state index in [-0.39, 0.29) is 17.6 Å². The molecule has 0 aliphatic heterocycles. The lowest BCUT2D eigenvalue weighted by molar-refractivity contribution is 0.0992. The van der Waals surface area contributed by atoms with E-state index in [9.17, 15) is 4.79 Å². The lowest BCUT2D eigenvalue weighted by Crippen LogP contribution is -2.17. The van der Waals surface area contributed by atoms with Crippen LogP contribution in [0.3, 0.4) is 0 Å². The van der Waals surface area contributed by atoms with E-state index in [1.807, 2.05) is 20.8 Å². The topological polar surface area (TPSA) is 86.5 Å². The summed E-state index contributed by atoms with van der Waals surface area (Å²) in [6.45, 7) is 6.00. The molecule has 0 aliphatic carbocycles. The lowest BCUT2D eigenvalue weighted by Gasteiger charge is -2.15. The Kier molecular flexibility index (Phi) is 3.20. The summed E-state index contributed by atoms with van der Waals surface area (Å²) in [6.07, 6.45) is 0.126. The van der Waals surface area contributed by atoms with E-state index in [1.165, 1.54) is 4.80 Å². The van der Waals surface area contributed by atoms with Crippen molar-refractivity contribution in [2.45, 2.75) is 32.6 Å². The molecule has 0 spiro atoms. The van der Waals surface area contributed by atoms with Gasteiger partial charge < -0.3 is 0 Å². The number of Topliss-reactive ketones (excluding diaryl/α,β-unsaturated/α-hetero) is 1. The number of tetrazole rings is 1. The summed E-state index contributed by atoms with van der Waals surface area (Å²) in [5, 5.41) is 15.5. The van der Waals surface area contributed by atoms with Crippen LogP contribution in [0.25, 0.3) is 0 Å². The molecule has 96 valence electrons. The Bertz CT molecular complexity index is 567. The monoisotopic (exact) mass is 266 g/mol. The maximum Gasteiger partial charge on any atom is 0.184 e. The summed E-state index contributed by atoms with van der Waals surface area (Å²) >= 11 is 1.12. The van der Waals surface area contributed by atoms with Gasteiger partial charge in [-0.1, -0.05) is 25.3 Å². The van der Waals surface area contributed by atoms with Crippen LogP contribution in [0.1, 0.15) is 42.0 Å². The summed E-state index contributed by atoms with van der Waals surface area (Å²) in [7, 11) is 1.66. The number of nitrogens with zero attached hydrogens (tertiary/aromatic N) is 6. The zero-order valence-electron chi connectivity index (χ0n) is 10.7. The van der Waals surface area contributed by atoms with E-state index < -0.39 is 0 Å². The van der Waals surface area contributed by atoms with Gasteiger partial charge in [-0.2, -0.15) is 4.80 Å². The Morgan fingerprint density at radius 1 is 1.33 bits per heavy atom. The largest absolute Gasteiger partial charge is 0.293 e. The van der Waals surface area contributed by atoms with Gasteiger partial charge in [0.15, 0.2) is 11.6 Å². The molecule has 7 nitrogen and oxygen atoms in total. The van der Waals surface area contributed by atoms with E-state index in [2.05, 4.69) is 25.0 Å². The molecule has 8 heteroatoms. The average molecular weight is 266 g/mol. The number of aryl methyl sites for hydroxylation is 1. The van der Waals surface area contributed by atoms with Crippen molar-refractivity contribution < 1.29 is 4.79 Å². The number of ketones is 1. The van der Waals surface area contributed by atoms with Gasteiger partial charge in [0.1, 0.15) is 4.88 Å². The number of aromatic nitrogens is 6. The second-order valence-corrected chi connectivity index (χ2v) is 5.75. The SMILES string of the molecule is Cn1nnc(CC(=O)c2snnc2C(C)(C)C)n1. The Balaban J connectivity index is 2.22. The Labute approximate surface area is 108 Å². The van der Waals surface area contributed by atoms with Crippen molar-refractivity contribution in [3.63, 3.8) is 0 Å². The molecular weight excluding hydrogens is 252 g/mol. The van der Waals surface area contributed by atoms with E-state index in [1.54, 1.807) is 7.05 Å². The van der Waals surface area contributed by atoms with Gasteiger partial charge in [0, 0.05) is 5.41 Å². The van der Waals surface area contributed by atoms with E-state index in [0.29, 0.717) is 10.7 Å². The number of carbonyl (C=O) groups excluding carboxylic acids is 1. The molecule has 2 heterocycles. The minimum absolute atomic E-state index is 0.0667. The van der Waals surface area contributed by atoms with Crippen molar-refractivity contribution in [1.82, 2.24) is 29.8 Å². The van der Waals surface area contributed by atoms with Crippen LogP contribution in [-0.2, 0) is 18.9 Å². The molecule has 0 N–H and O–H groups in total. The second-order valence-electron chi connectivity index (χ2n) is 5.00. The fraction of sp³-hybridized carbons (Fsp3) is 0.600. The molecule has 2 aromatic heterocycles. The summed E-state index contributed by atoms with van der Waals surface area (Å²) in [5.74, 6) is 0.346. The van der Waals surface area contributed by atoms with Gasteiger partial charge in [0.25, 0.3) is 0 Å². The zero-order chi connectivity index (χ0) is 13.3. The number of hydrogen-bond donors (Lipinski definition) is 0. The zero-order valence-corrected chi connectivity index (χ0v) is 11.5. The normalized spacial score (nSPS) is 11.8. The van der Waals surface area contributed by atoms with Gasteiger partial charge in [-0.05, 0) is 16.7 Å².